The van der Waals surface area contributed by atoms with Gasteiger partial charge < -0.3 is 9.64 Å². The Bertz CT molecular complexity index is 426. The molecule has 0 atom stereocenters. The molecule has 5 heteroatoms. The molecule has 1 aromatic heterocycles. The smallest absolute Gasteiger partial charge is 0.227 e. The van der Waals surface area contributed by atoms with Gasteiger partial charge in [-0.2, -0.15) is 0 Å². The number of hydrogen-bond acceptors (Lipinski definition) is 4. The van der Waals surface area contributed by atoms with Crippen LogP contribution in [0.5, 0.6) is 0 Å². The zero-order valence-electron chi connectivity index (χ0n) is 11.0. The van der Waals surface area contributed by atoms with E-state index >= 15 is 0 Å². The molecule has 5 nitrogen and oxygen atoms in total. The zero-order valence-corrected chi connectivity index (χ0v) is 11.0. The zero-order chi connectivity index (χ0) is 13.1. The summed E-state index contributed by atoms with van der Waals surface area (Å²) < 4.78 is 5.34. The van der Waals surface area contributed by atoms with Gasteiger partial charge in [-0.15, -0.1) is 0 Å². The maximum absolute atomic E-state index is 12.1. The molecule has 0 saturated carbocycles. The minimum absolute atomic E-state index is 0.218. The Morgan fingerprint density at radius 1 is 1.26 bits per heavy atom. The van der Waals surface area contributed by atoms with Gasteiger partial charge in [-0.05, 0) is 17.7 Å². The Kier molecular flexibility index (Phi) is 3.75. The first-order valence-electron chi connectivity index (χ1n) is 6.81. The number of rotatable bonds is 3. The Morgan fingerprint density at radius 3 is 2.63 bits per heavy atom. The number of likely N-dealkylation sites (tertiary alicyclic amines) is 1. The van der Waals surface area contributed by atoms with Gasteiger partial charge in [-0.3, -0.25) is 14.7 Å². The fraction of sp³-hybridized carbons (Fsp3) is 0.571. The van der Waals surface area contributed by atoms with E-state index in [0.717, 1.165) is 45.0 Å². The molecule has 0 N–H and O–H groups in total. The van der Waals surface area contributed by atoms with Crippen LogP contribution in [-0.2, 0) is 16.0 Å². The molecule has 2 saturated heterocycles. The van der Waals surface area contributed by atoms with Gasteiger partial charge in [0.2, 0.25) is 5.91 Å². The summed E-state index contributed by atoms with van der Waals surface area (Å²) in [7, 11) is 0. The van der Waals surface area contributed by atoms with E-state index in [4.69, 9.17) is 4.74 Å². The lowest BCUT2D eigenvalue weighted by atomic mass is 10.0. The largest absolute Gasteiger partial charge is 0.379 e. The molecule has 3 rings (SSSR count). The molecule has 0 unspecified atom stereocenters. The molecule has 1 aromatic rings. The predicted molar refractivity (Wildman–Crippen MR) is 70.7 cm³/mol. The summed E-state index contributed by atoms with van der Waals surface area (Å²) in [6, 6.07) is 4.33. The van der Waals surface area contributed by atoms with Crippen molar-refractivity contribution in [2.24, 2.45) is 0 Å². The minimum Gasteiger partial charge on any atom is -0.379 e. The van der Waals surface area contributed by atoms with Crippen LogP contribution in [-0.4, -0.2) is 66.1 Å². The summed E-state index contributed by atoms with van der Waals surface area (Å²) in [4.78, 5) is 20.4. The maximum Gasteiger partial charge on any atom is 0.227 e. The second kappa shape index (κ2) is 5.67. The average molecular weight is 261 g/mol. The first kappa shape index (κ1) is 12.6. The number of ether oxygens (including phenoxy) is 1. The van der Waals surface area contributed by atoms with E-state index in [1.807, 2.05) is 17.0 Å². The Balaban J connectivity index is 1.46. The molecule has 0 aromatic carbocycles. The molecule has 0 bridgehead atoms. The highest BCUT2D eigenvalue weighted by atomic mass is 16.5. The molecule has 0 aliphatic carbocycles. The summed E-state index contributed by atoms with van der Waals surface area (Å²) in [5, 5.41) is 0. The summed E-state index contributed by atoms with van der Waals surface area (Å²) in [6.07, 6.45) is 3.95. The predicted octanol–water partition coefficient (Wildman–Crippen LogP) is 0.167. The van der Waals surface area contributed by atoms with E-state index in [1.165, 1.54) is 0 Å². The number of amides is 1. The average Bonchev–Trinajstić information content (AvgIpc) is 2.39. The number of hydrogen-bond donors (Lipinski definition) is 0. The van der Waals surface area contributed by atoms with Crippen molar-refractivity contribution in [3.05, 3.63) is 30.1 Å². The van der Waals surface area contributed by atoms with Crippen LogP contribution >= 0.6 is 0 Å². The van der Waals surface area contributed by atoms with Crippen LogP contribution in [0.3, 0.4) is 0 Å². The first-order valence-corrected chi connectivity index (χ1v) is 6.81. The van der Waals surface area contributed by atoms with Gasteiger partial charge in [0.15, 0.2) is 0 Å². The van der Waals surface area contributed by atoms with Gasteiger partial charge in [0, 0.05) is 44.6 Å². The van der Waals surface area contributed by atoms with E-state index < -0.39 is 0 Å². The summed E-state index contributed by atoms with van der Waals surface area (Å²) >= 11 is 0. The van der Waals surface area contributed by atoms with Gasteiger partial charge in [-0.1, -0.05) is 0 Å². The van der Waals surface area contributed by atoms with Crippen molar-refractivity contribution < 1.29 is 9.53 Å². The summed E-state index contributed by atoms with van der Waals surface area (Å²) in [5.74, 6) is 0.218. The lowest BCUT2D eigenvalue weighted by Crippen LogP contribution is -2.63. The van der Waals surface area contributed by atoms with Crippen LogP contribution in [0.25, 0.3) is 0 Å². The van der Waals surface area contributed by atoms with E-state index in [0.29, 0.717) is 12.5 Å². The fourth-order valence-electron chi connectivity index (χ4n) is 2.62. The van der Waals surface area contributed by atoms with Crippen molar-refractivity contribution in [1.29, 1.82) is 0 Å². The van der Waals surface area contributed by atoms with Crippen molar-refractivity contribution >= 4 is 5.91 Å². The van der Waals surface area contributed by atoms with Gasteiger partial charge in [0.05, 0.1) is 19.6 Å². The van der Waals surface area contributed by atoms with Crippen LogP contribution in [0.4, 0.5) is 0 Å². The van der Waals surface area contributed by atoms with Crippen LogP contribution in [0.15, 0.2) is 24.5 Å². The molecule has 1 amide bonds. The molecule has 0 spiro atoms. The molecule has 2 aliphatic heterocycles. The van der Waals surface area contributed by atoms with Crippen LogP contribution < -0.4 is 0 Å². The van der Waals surface area contributed by atoms with Gasteiger partial charge >= 0.3 is 0 Å². The van der Waals surface area contributed by atoms with E-state index in [1.54, 1.807) is 12.4 Å². The normalized spacial score (nSPS) is 21.2. The van der Waals surface area contributed by atoms with Crippen molar-refractivity contribution in [1.82, 2.24) is 14.8 Å². The second-order valence-electron chi connectivity index (χ2n) is 5.13. The topological polar surface area (TPSA) is 45.7 Å². The highest BCUT2D eigenvalue weighted by molar-refractivity contribution is 5.79. The van der Waals surface area contributed by atoms with Gasteiger partial charge in [-0.25, -0.2) is 0 Å². The third-order valence-corrected chi connectivity index (χ3v) is 3.88. The van der Waals surface area contributed by atoms with Crippen LogP contribution in [0, 0.1) is 0 Å². The van der Waals surface area contributed by atoms with E-state index in [-0.39, 0.29) is 5.91 Å². The fourth-order valence-corrected chi connectivity index (χ4v) is 2.62. The Hall–Kier alpha value is -1.46. The highest BCUT2D eigenvalue weighted by Crippen LogP contribution is 2.17. The quantitative estimate of drug-likeness (QED) is 0.778. The monoisotopic (exact) mass is 261 g/mol. The number of aromatic nitrogens is 1. The Morgan fingerprint density at radius 2 is 1.95 bits per heavy atom. The summed E-state index contributed by atoms with van der Waals surface area (Å²) in [5.41, 5.74) is 1.04. The molecule has 2 aliphatic rings. The molecule has 19 heavy (non-hydrogen) atoms. The third kappa shape index (κ3) is 2.93. The summed E-state index contributed by atoms with van der Waals surface area (Å²) in [6.45, 7) is 5.37. The standard InChI is InChI=1S/C14H19N3O2/c18-14(9-12-1-3-15-4-2-12)17-10-13(11-17)16-5-7-19-8-6-16/h1-4,13H,5-11H2. The molecular formula is C14H19N3O2. The number of pyridine rings is 1. The minimum atomic E-state index is 0.218. The van der Waals surface area contributed by atoms with Crippen molar-refractivity contribution in [3.8, 4) is 0 Å². The van der Waals surface area contributed by atoms with E-state index in [9.17, 15) is 4.79 Å². The molecule has 2 fully saturated rings. The Labute approximate surface area is 113 Å². The van der Waals surface area contributed by atoms with E-state index in [2.05, 4.69) is 9.88 Å². The SMILES string of the molecule is O=C(Cc1ccncc1)N1CC(N2CCOCC2)C1. The highest BCUT2D eigenvalue weighted by Gasteiger charge is 2.34. The lowest BCUT2D eigenvalue weighted by Gasteiger charge is -2.46. The lowest BCUT2D eigenvalue weighted by molar-refractivity contribution is -0.139. The van der Waals surface area contributed by atoms with Crippen molar-refractivity contribution in [2.45, 2.75) is 12.5 Å². The van der Waals surface area contributed by atoms with Crippen molar-refractivity contribution in [2.75, 3.05) is 39.4 Å². The number of nitrogens with zero attached hydrogens (tertiary/aromatic N) is 3. The molecular weight excluding hydrogens is 242 g/mol. The van der Waals surface area contributed by atoms with Gasteiger partial charge in [0.1, 0.15) is 0 Å². The van der Waals surface area contributed by atoms with Crippen molar-refractivity contribution in [3.63, 3.8) is 0 Å². The molecule has 0 radical (unpaired) electrons. The van der Waals surface area contributed by atoms with Crippen LogP contribution in [0.1, 0.15) is 5.56 Å². The molecule has 3 heterocycles. The number of morpholine rings is 1. The second-order valence-corrected chi connectivity index (χ2v) is 5.13. The maximum atomic E-state index is 12.1. The first-order chi connectivity index (χ1) is 9.33. The number of carbonyl (C=O) groups is 1. The number of carbonyl (C=O) groups excluding carboxylic acids is 1. The van der Waals surface area contributed by atoms with Crippen LogP contribution in [0.2, 0.25) is 0 Å². The van der Waals surface area contributed by atoms with Gasteiger partial charge in [0.25, 0.3) is 0 Å². The third-order valence-electron chi connectivity index (χ3n) is 3.88. The molecule has 102 valence electrons.